The number of H-pyrrole nitrogens is 1. The van der Waals surface area contributed by atoms with E-state index in [4.69, 9.17) is 4.74 Å². The molecule has 0 aliphatic carbocycles. The predicted octanol–water partition coefficient (Wildman–Crippen LogP) is 4.78. The van der Waals surface area contributed by atoms with Gasteiger partial charge < -0.3 is 9.64 Å². The van der Waals surface area contributed by atoms with Crippen LogP contribution in [-0.2, 0) is 4.74 Å². The molecule has 1 amide bonds. The number of rotatable bonds is 7. The Bertz CT molecular complexity index is 977. The van der Waals surface area contributed by atoms with Crippen LogP contribution >= 0.6 is 0 Å². The quantitative estimate of drug-likeness (QED) is 0.592. The van der Waals surface area contributed by atoms with E-state index in [9.17, 15) is 4.79 Å². The fraction of sp³-hybridized carbons (Fsp3) is 0.333. The zero-order valence-corrected chi connectivity index (χ0v) is 17.2. The summed E-state index contributed by atoms with van der Waals surface area (Å²) >= 11 is 0. The Morgan fingerprint density at radius 3 is 2.48 bits per heavy atom. The summed E-state index contributed by atoms with van der Waals surface area (Å²) in [4.78, 5) is 15.2. The lowest BCUT2D eigenvalue weighted by molar-refractivity contribution is 0.0723. The number of nitrogens with zero attached hydrogens (tertiary/aromatic N) is 2. The number of methoxy groups -OCH3 is 1. The van der Waals surface area contributed by atoms with Gasteiger partial charge in [-0.3, -0.25) is 9.89 Å². The van der Waals surface area contributed by atoms with Crippen LogP contribution < -0.4 is 0 Å². The molecule has 1 aliphatic heterocycles. The molecular formula is C24H27N3O2. The lowest BCUT2D eigenvalue weighted by Gasteiger charge is -2.26. The summed E-state index contributed by atoms with van der Waals surface area (Å²) in [5.74, 6) is 0.472. The fourth-order valence-corrected chi connectivity index (χ4v) is 4.03. The van der Waals surface area contributed by atoms with Gasteiger partial charge in [-0.2, -0.15) is 5.10 Å². The third kappa shape index (κ3) is 3.58. The maximum Gasteiger partial charge on any atom is 0.273 e. The van der Waals surface area contributed by atoms with E-state index in [1.165, 1.54) is 5.56 Å². The van der Waals surface area contributed by atoms with Gasteiger partial charge >= 0.3 is 0 Å². The Balaban J connectivity index is 1.79. The number of fused-ring (bicyclic) bond motifs is 1. The van der Waals surface area contributed by atoms with E-state index < -0.39 is 0 Å². The summed E-state index contributed by atoms with van der Waals surface area (Å²) in [7, 11) is 1.69. The van der Waals surface area contributed by atoms with Crippen LogP contribution in [0, 0.1) is 0 Å². The standard InChI is InChI=1S/C24H27N3O2/c1-16(2)17-10-12-19(13-11-17)23-20-21(18-8-5-4-6-9-18)25-26-22(20)24(28)27(23)14-7-15-29-3/h4-6,8-13,16,23H,7,14-15H2,1-3H3,(H,25,26). The van der Waals surface area contributed by atoms with Crippen molar-refractivity contribution in [1.29, 1.82) is 0 Å². The van der Waals surface area contributed by atoms with Crippen LogP contribution in [-0.4, -0.2) is 41.3 Å². The SMILES string of the molecule is COCCCN1C(=O)c2[nH]nc(-c3ccccc3)c2C1c1ccc(C(C)C)cc1. The normalized spacial score (nSPS) is 15.9. The van der Waals surface area contributed by atoms with Crippen LogP contribution in [0.2, 0.25) is 0 Å². The van der Waals surface area contributed by atoms with Crippen molar-refractivity contribution in [2.45, 2.75) is 32.2 Å². The second-order valence-electron chi connectivity index (χ2n) is 7.80. The summed E-state index contributed by atoms with van der Waals surface area (Å²) in [6, 6.07) is 18.5. The fourth-order valence-electron chi connectivity index (χ4n) is 4.03. The zero-order valence-electron chi connectivity index (χ0n) is 17.2. The van der Waals surface area contributed by atoms with Gasteiger partial charge in [-0.15, -0.1) is 0 Å². The smallest absolute Gasteiger partial charge is 0.273 e. The number of hydrogen-bond donors (Lipinski definition) is 1. The summed E-state index contributed by atoms with van der Waals surface area (Å²) in [6.45, 7) is 5.64. The molecule has 2 heterocycles. The first kappa shape index (κ1) is 19.4. The summed E-state index contributed by atoms with van der Waals surface area (Å²) in [5.41, 5.74) is 5.83. The van der Waals surface area contributed by atoms with Crippen molar-refractivity contribution in [2.75, 3.05) is 20.3 Å². The highest BCUT2D eigenvalue weighted by Crippen LogP contribution is 2.42. The van der Waals surface area contributed by atoms with Gasteiger partial charge in [-0.1, -0.05) is 68.4 Å². The molecular weight excluding hydrogens is 362 g/mol. The van der Waals surface area contributed by atoms with Crippen molar-refractivity contribution >= 4 is 5.91 Å². The molecule has 1 aromatic heterocycles. The van der Waals surface area contributed by atoms with Crippen LogP contribution in [0.4, 0.5) is 0 Å². The third-order valence-corrected chi connectivity index (χ3v) is 5.58. The minimum Gasteiger partial charge on any atom is -0.385 e. The second-order valence-corrected chi connectivity index (χ2v) is 7.80. The number of ether oxygens (including phenoxy) is 1. The first-order valence-corrected chi connectivity index (χ1v) is 10.1. The monoisotopic (exact) mass is 389 g/mol. The molecule has 1 aliphatic rings. The van der Waals surface area contributed by atoms with Crippen LogP contribution in [0.1, 0.15) is 59.4 Å². The molecule has 150 valence electrons. The highest BCUT2D eigenvalue weighted by atomic mass is 16.5. The van der Waals surface area contributed by atoms with Crippen LogP contribution in [0.5, 0.6) is 0 Å². The van der Waals surface area contributed by atoms with Crippen LogP contribution in [0.15, 0.2) is 54.6 Å². The zero-order chi connectivity index (χ0) is 20.4. The molecule has 0 fully saturated rings. The number of amides is 1. The summed E-state index contributed by atoms with van der Waals surface area (Å²) in [6.07, 6.45) is 0.793. The van der Waals surface area contributed by atoms with Gasteiger partial charge in [-0.05, 0) is 23.5 Å². The molecule has 5 nitrogen and oxygen atoms in total. The topological polar surface area (TPSA) is 58.2 Å². The predicted molar refractivity (Wildman–Crippen MR) is 114 cm³/mol. The van der Waals surface area contributed by atoms with E-state index in [1.807, 2.05) is 35.2 Å². The van der Waals surface area contributed by atoms with Gasteiger partial charge in [-0.25, -0.2) is 0 Å². The molecule has 3 aromatic rings. The lowest BCUT2D eigenvalue weighted by Crippen LogP contribution is -2.31. The average molecular weight is 389 g/mol. The minimum atomic E-state index is -0.149. The molecule has 1 N–H and O–H groups in total. The number of carbonyl (C=O) groups is 1. The number of hydrogen-bond acceptors (Lipinski definition) is 3. The van der Waals surface area contributed by atoms with Gasteiger partial charge in [0, 0.05) is 31.4 Å². The molecule has 2 aromatic carbocycles. The van der Waals surface area contributed by atoms with Crippen molar-refractivity contribution in [3.05, 3.63) is 77.0 Å². The maximum atomic E-state index is 13.2. The van der Waals surface area contributed by atoms with E-state index in [-0.39, 0.29) is 11.9 Å². The van der Waals surface area contributed by atoms with E-state index >= 15 is 0 Å². The number of benzene rings is 2. The highest BCUT2D eigenvalue weighted by Gasteiger charge is 2.41. The van der Waals surface area contributed by atoms with Crippen molar-refractivity contribution in [3.8, 4) is 11.3 Å². The molecule has 0 spiro atoms. The van der Waals surface area contributed by atoms with Crippen LogP contribution in [0.25, 0.3) is 11.3 Å². The van der Waals surface area contributed by atoms with Crippen molar-refractivity contribution in [2.24, 2.45) is 0 Å². The van der Waals surface area contributed by atoms with E-state index in [1.54, 1.807) is 7.11 Å². The molecule has 0 saturated carbocycles. The first-order valence-electron chi connectivity index (χ1n) is 10.1. The highest BCUT2D eigenvalue weighted by molar-refractivity contribution is 6.00. The van der Waals surface area contributed by atoms with E-state index in [0.717, 1.165) is 28.8 Å². The lowest BCUT2D eigenvalue weighted by atomic mass is 9.94. The summed E-state index contributed by atoms with van der Waals surface area (Å²) < 4.78 is 5.21. The summed E-state index contributed by atoms with van der Waals surface area (Å²) in [5, 5.41) is 7.53. The Kier molecular flexibility index (Phi) is 5.49. The molecule has 0 bridgehead atoms. The molecule has 1 unspecified atom stereocenters. The number of aromatic nitrogens is 2. The van der Waals surface area contributed by atoms with Gasteiger partial charge in [0.1, 0.15) is 5.69 Å². The Labute approximate surface area is 171 Å². The number of nitrogens with one attached hydrogen (secondary N) is 1. The Morgan fingerprint density at radius 1 is 1.10 bits per heavy atom. The van der Waals surface area contributed by atoms with Crippen molar-refractivity contribution in [3.63, 3.8) is 0 Å². The number of carbonyl (C=O) groups excluding carboxylic acids is 1. The first-order chi connectivity index (χ1) is 14.1. The van der Waals surface area contributed by atoms with Crippen molar-refractivity contribution in [1.82, 2.24) is 15.1 Å². The van der Waals surface area contributed by atoms with Gasteiger partial charge in [0.25, 0.3) is 5.91 Å². The molecule has 29 heavy (non-hydrogen) atoms. The molecule has 1 atom stereocenters. The third-order valence-electron chi connectivity index (χ3n) is 5.58. The van der Waals surface area contributed by atoms with Gasteiger partial charge in [0.05, 0.1) is 11.7 Å². The molecule has 5 heteroatoms. The Hall–Kier alpha value is -2.92. The Morgan fingerprint density at radius 2 is 1.83 bits per heavy atom. The van der Waals surface area contributed by atoms with Gasteiger partial charge in [0.2, 0.25) is 0 Å². The number of aromatic amines is 1. The van der Waals surface area contributed by atoms with E-state index in [2.05, 4.69) is 48.3 Å². The molecule has 4 rings (SSSR count). The van der Waals surface area contributed by atoms with Crippen molar-refractivity contribution < 1.29 is 9.53 Å². The average Bonchev–Trinajstić information content (AvgIpc) is 3.28. The molecule has 0 radical (unpaired) electrons. The van der Waals surface area contributed by atoms with Gasteiger partial charge in [0.15, 0.2) is 0 Å². The van der Waals surface area contributed by atoms with E-state index in [0.29, 0.717) is 24.8 Å². The molecule has 0 saturated heterocycles. The van der Waals surface area contributed by atoms with Crippen LogP contribution in [0.3, 0.4) is 0 Å². The minimum absolute atomic E-state index is 0.00344. The second kappa shape index (κ2) is 8.21. The largest absolute Gasteiger partial charge is 0.385 e. The maximum absolute atomic E-state index is 13.2.